The summed E-state index contributed by atoms with van der Waals surface area (Å²) in [6.45, 7) is 1.90. The second-order valence-electron chi connectivity index (χ2n) is 7.20. The van der Waals surface area contributed by atoms with E-state index in [0.29, 0.717) is 34.7 Å². The lowest BCUT2D eigenvalue weighted by molar-refractivity contribution is 0.102. The molecule has 0 fully saturated rings. The van der Waals surface area contributed by atoms with Crippen LogP contribution in [-0.2, 0) is 16.4 Å². The number of nitrogens with zero attached hydrogens (tertiary/aromatic N) is 2. The molecule has 0 saturated heterocycles. The highest BCUT2D eigenvalue weighted by Crippen LogP contribution is 2.22. The van der Waals surface area contributed by atoms with Crippen molar-refractivity contribution in [1.29, 1.82) is 0 Å². The summed E-state index contributed by atoms with van der Waals surface area (Å²) in [5.74, 6) is -0.743. The average molecular weight is 465 g/mol. The van der Waals surface area contributed by atoms with E-state index < -0.39 is 10.0 Å². The van der Waals surface area contributed by atoms with Crippen LogP contribution in [0.4, 0.5) is 15.8 Å². The lowest BCUT2D eigenvalue weighted by Crippen LogP contribution is -2.15. The van der Waals surface area contributed by atoms with Crippen LogP contribution in [0.25, 0.3) is 5.69 Å². The Hall–Kier alpha value is -3.98. The molecule has 0 radical (unpaired) electrons. The number of amides is 1. The van der Waals surface area contributed by atoms with Crippen LogP contribution in [0.3, 0.4) is 0 Å². The molecule has 1 aromatic heterocycles. The molecule has 0 aliphatic heterocycles. The molecular weight excluding hydrogens is 443 g/mol. The molecule has 168 valence electrons. The van der Waals surface area contributed by atoms with Crippen LogP contribution in [0, 0.1) is 5.82 Å². The fraction of sp³-hybridized carbons (Fsp3) is 0.0833. The van der Waals surface area contributed by atoms with Gasteiger partial charge in [0.1, 0.15) is 5.82 Å². The minimum absolute atomic E-state index is 0.139. The summed E-state index contributed by atoms with van der Waals surface area (Å²) in [6, 6.07) is 20.3. The highest BCUT2D eigenvalue weighted by molar-refractivity contribution is 7.92. The van der Waals surface area contributed by atoms with Gasteiger partial charge in [-0.15, -0.1) is 0 Å². The van der Waals surface area contributed by atoms with E-state index in [4.69, 9.17) is 0 Å². The zero-order chi connectivity index (χ0) is 23.4. The smallest absolute Gasteiger partial charge is 0.261 e. The highest BCUT2D eigenvalue weighted by atomic mass is 32.2. The quantitative estimate of drug-likeness (QED) is 0.417. The van der Waals surface area contributed by atoms with Gasteiger partial charge in [-0.3, -0.25) is 9.52 Å². The van der Waals surface area contributed by atoms with E-state index in [9.17, 15) is 17.6 Å². The number of carbonyl (C=O) groups is 1. The first-order chi connectivity index (χ1) is 15.9. The number of hydrogen-bond acceptors (Lipinski definition) is 4. The van der Waals surface area contributed by atoms with E-state index in [1.165, 1.54) is 36.5 Å². The Bertz CT molecular complexity index is 1380. The van der Waals surface area contributed by atoms with E-state index in [1.807, 2.05) is 6.92 Å². The van der Waals surface area contributed by atoms with Crippen molar-refractivity contribution in [2.45, 2.75) is 18.2 Å². The van der Waals surface area contributed by atoms with Crippen molar-refractivity contribution in [3.05, 3.63) is 102 Å². The number of hydrogen-bond donors (Lipinski definition) is 2. The number of nitrogens with one attached hydrogen (secondary N) is 2. The summed E-state index contributed by atoms with van der Waals surface area (Å²) in [5, 5.41) is 7.08. The number of anilines is 2. The van der Waals surface area contributed by atoms with Gasteiger partial charge in [-0.1, -0.05) is 31.2 Å². The normalized spacial score (nSPS) is 11.2. The highest BCUT2D eigenvalue weighted by Gasteiger charge is 2.18. The largest absolute Gasteiger partial charge is 0.322 e. The Kier molecular flexibility index (Phi) is 6.23. The molecule has 3 aromatic carbocycles. The third-order valence-corrected chi connectivity index (χ3v) is 6.34. The Balaban J connectivity index is 1.54. The average Bonchev–Trinajstić information content (AvgIpc) is 3.24. The molecule has 0 saturated carbocycles. The Morgan fingerprint density at radius 2 is 1.67 bits per heavy atom. The molecule has 0 atom stereocenters. The lowest BCUT2D eigenvalue weighted by Gasteiger charge is -2.11. The zero-order valence-electron chi connectivity index (χ0n) is 17.7. The summed E-state index contributed by atoms with van der Waals surface area (Å²) in [6.07, 6.45) is 1.98. The second-order valence-corrected chi connectivity index (χ2v) is 8.88. The molecule has 9 heteroatoms. The summed E-state index contributed by atoms with van der Waals surface area (Å²) in [5.41, 5.74) is 2.42. The molecule has 2 N–H and O–H groups in total. The monoisotopic (exact) mass is 464 g/mol. The van der Waals surface area contributed by atoms with Gasteiger partial charge in [0.25, 0.3) is 15.9 Å². The second kappa shape index (κ2) is 9.25. The molecule has 0 unspecified atom stereocenters. The molecule has 33 heavy (non-hydrogen) atoms. The van der Waals surface area contributed by atoms with Crippen molar-refractivity contribution in [2.24, 2.45) is 0 Å². The molecule has 1 amide bonds. The first-order valence-corrected chi connectivity index (χ1v) is 11.7. The minimum Gasteiger partial charge on any atom is -0.322 e. The minimum atomic E-state index is -3.75. The zero-order valence-corrected chi connectivity index (χ0v) is 18.5. The third-order valence-electron chi connectivity index (χ3n) is 4.95. The summed E-state index contributed by atoms with van der Waals surface area (Å²) in [4.78, 5) is 13.1. The molecular formula is C24H21FN4O3S. The van der Waals surface area contributed by atoms with Gasteiger partial charge in [0.15, 0.2) is 0 Å². The predicted molar refractivity (Wildman–Crippen MR) is 125 cm³/mol. The van der Waals surface area contributed by atoms with Crippen molar-refractivity contribution in [3.8, 4) is 5.69 Å². The van der Waals surface area contributed by atoms with Crippen molar-refractivity contribution in [1.82, 2.24) is 9.78 Å². The van der Waals surface area contributed by atoms with Crippen molar-refractivity contribution < 1.29 is 17.6 Å². The maximum absolute atomic E-state index is 13.3. The summed E-state index contributed by atoms with van der Waals surface area (Å²) >= 11 is 0. The van der Waals surface area contributed by atoms with Crippen LogP contribution in [0.5, 0.6) is 0 Å². The standard InChI is InChI=1S/C24H21FN4O3S/c1-2-23-22(16-26-29(23)20-13-11-17(25)12-14-20)24(30)27-18-7-6-8-19(15-18)28-33(31,32)21-9-4-3-5-10-21/h3-16,28H,2H2,1H3,(H,27,30). The number of rotatable bonds is 7. The Morgan fingerprint density at radius 3 is 2.36 bits per heavy atom. The van der Waals surface area contributed by atoms with Crippen LogP contribution < -0.4 is 10.0 Å². The van der Waals surface area contributed by atoms with Crippen LogP contribution >= 0.6 is 0 Å². The predicted octanol–water partition coefficient (Wildman–Crippen LogP) is 4.63. The van der Waals surface area contributed by atoms with Crippen molar-refractivity contribution >= 4 is 27.3 Å². The Labute approximate surface area is 190 Å². The van der Waals surface area contributed by atoms with Crippen LogP contribution in [0.1, 0.15) is 23.0 Å². The SMILES string of the molecule is CCc1c(C(=O)Nc2cccc(NS(=O)(=O)c3ccccc3)c2)cnn1-c1ccc(F)cc1. The van der Waals surface area contributed by atoms with E-state index in [0.717, 1.165) is 0 Å². The molecule has 0 aliphatic rings. The van der Waals surface area contributed by atoms with Gasteiger partial charge in [-0.25, -0.2) is 17.5 Å². The van der Waals surface area contributed by atoms with E-state index in [1.54, 1.807) is 53.2 Å². The maximum atomic E-state index is 13.3. The molecule has 0 spiro atoms. The fourth-order valence-electron chi connectivity index (χ4n) is 3.38. The lowest BCUT2D eigenvalue weighted by atomic mass is 10.1. The van der Waals surface area contributed by atoms with Gasteiger partial charge < -0.3 is 5.32 Å². The number of halogens is 1. The molecule has 7 nitrogen and oxygen atoms in total. The van der Waals surface area contributed by atoms with E-state index in [-0.39, 0.29) is 16.6 Å². The Morgan fingerprint density at radius 1 is 0.970 bits per heavy atom. The van der Waals surface area contributed by atoms with Gasteiger partial charge in [-0.2, -0.15) is 5.10 Å². The topological polar surface area (TPSA) is 93.1 Å². The molecule has 0 aliphatic carbocycles. The maximum Gasteiger partial charge on any atom is 0.261 e. The third kappa shape index (κ3) is 4.93. The molecule has 0 bridgehead atoms. The summed E-state index contributed by atoms with van der Waals surface area (Å²) in [7, 11) is -3.75. The summed E-state index contributed by atoms with van der Waals surface area (Å²) < 4.78 is 42.5. The first-order valence-electron chi connectivity index (χ1n) is 10.2. The van der Waals surface area contributed by atoms with Gasteiger partial charge in [-0.05, 0) is 61.0 Å². The number of aromatic nitrogens is 2. The molecule has 4 aromatic rings. The number of carbonyl (C=O) groups excluding carboxylic acids is 1. The van der Waals surface area contributed by atoms with Crippen LogP contribution in [0.15, 0.2) is 90.0 Å². The van der Waals surface area contributed by atoms with Crippen LogP contribution in [0.2, 0.25) is 0 Å². The number of benzene rings is 3. The van der Waals surface area contributed by atoms with Gasteiger partial charge in [0.2, 0.25) is 0 Å². The van der Waals surface area contributed by atoms with Crippen molar-refractivity contribution in [2.75, 3.05) is 10.0 Å². The van der Waals surface area contributed by atoms with Gasteiger partial charge in [0, 0.05) is 5.69 Å². The van der Waals surface area contributed by atoms with Crippen molar-refractivity contribution in [3.63, 3.8) is 0 Å². The van der Waals surface area contributed by atoms with E-state index in [2.05, 4.69) is 15.1 Å². The van der Waals surface area contributed by atoms with E-state index >= 15 is 0 Å². The first kappa shape index (κ1) is 22.2. The van der Waals surface area contributed by atoms with Crippen LogP contribution in [-0.4, -0.2) is 24.1 Å². The number of sulfonamides is 1. The molecule has 1 heterocycles. The van der Waals surface area contributed by atoms with Gasteiger partial charge >= 0.3 is 0 Å². The molecule has 4 rings (SSSR count). The fourth-order valence-corrected chi connectivity index (χ4v) is 4.45. The van der Waals surface area contributed by atoms with Gasteiger partial charge in [0.05, 0.1) is 33.7 Å².